The van der Waals surface area contributed by atoms with Gasteiger partial charge in [0.1, 0.15) is 0 Å². The Balaban J connectivity index is 1.67. The highest BCUT2D eigenvalue weighted by Crippen LogP contribution is 2.28. The number of anilines is 1. The second-order valence-electron chi connectivity index (χ2n) is 4.93. The fourth-order valence-electron chi connectivity index (χ4n) is 2.23. The lowest BCUT2D eigenvalue weighted by Crippen LogP contribution is -2.34. The molecule has 3 heterocycles. The molecule has 5 nitrogen and oxygen atoms in total. The molecule has 0 spiro atoms. The summed E-state index contributed by atoms with van der Waals surface area (Å²) in [7, 11) is 0. The average molecular weight is 333 g/mol. The van der Waals surface area contributed by atoms with Crippen molar-refractivity contribution in [3.63, 3.8) is 0 Å². The predicted molar refractivity (Wildman–Crippen MR) is 88.9 cm³/mol. The van der Waals surface area contributed by atoms with Gasteiger partial charge in [0.05, 0.1) is 12.2 Å². The number of fused-ring (bicyclic) bond motifs is 1. The molecule has 22 heavy (non-hydrogen) atoms. The maximum absolute atomic E-state index is 12.2. The molecule has 0 radical (unpaired) electrons. The van der Waals surface area contributed by atoms with Crippen molar-refractivity contribution in [2.45, 2.75) is 19.9 Å². The monoisotopic (exact) mass is 333 g/mol. The summed E-state index contributed by atoms with van der Waals surface area (Å²) >= 11 is 3.05. The zero-order valence-electron chi connectivity index (χ0n) is 12.0. The molecule has 2 amide bonds. The van der Waals surface area contributed by atoms with Gasteiger partial charge in [0, 0.05) is 35.7 Å². The van der Waals surface area contributed by atoms with E-state index in [0.29, 0.717) is 18.2 Å². The van der Waals surface area contributed by atoms with Gasteiger partial charge in [0.15, 0.2) is 5.13 Å². The molecule has 0 fully saturated rings. The molecule has 3 rings (SSSR count). The second-order valence-corrected chi connectivity index (χ2v) is 6.99. The molecule has 0 saturated heterocycles. The second kappa shape index (κ2) is 6.41. The summed E-state index contributed by atoms with van der Waals surface area (Å²) in [6, 6.07) is 3.94. The van der Waals surface area contributed by atoms with Crippen LogP contribution in [0.3, 0.4) is 0 Å². The molecule has 2 aromatic rings. The van der Waals surface area contributed by atoms with E-state index in [1.807, 2.05) is 28.5 Å². The molecular weight excluding hydrogens is 318 g/mol. The highest BCUT2D eigenvalue weighted by molar-refractivity contribution is 7.15. The van der Waals surface area contributed by atoms with Crippen molar-refractivity contribution in [2.24, 2.45) is 0 Å². The van der Waals surface area contributed by atoms with E-state index in [0.717, 1.165) is 21.9 Å². The van der Waals surface area contributed by atoms with Crippen LogP contribution >= 0.6 is 22.7 Å². The van der Waals surface area contributed by atoms with Crippen molar-refractivity contribution in [2.75, 3.05) is 11.9 Å². The van der Waals surface area contributed by atoms with Crippen LogP contribution in [0.4, 0.5) is 5.13 Å². The Bertz CT molecular complexity index is 719. The van der Waals surface area contributed by atoms with E-state index < -0.39 is 0 Å². The number of thiophene rings is 1. The summed E-state index contributed by atoms with van der Waals surface area (Å²) in [6.45, 7) is 2.68. The van der Waals surface area contributed by atoms with Crippen molar-refractivity contribution >= 4 is 45.7 Å². The number of carbonyl (C=O) groups is 2. The molecule has 114 valence electrons. The molecule has 0 aromatic carbocycles. The number of hydrogen-bond acceptors (Lipinski definition) is 5. The summed E-state index contributed by atoms with van der Waals surface area (Å²) in [6.07, 6.45) is 4.19. The van der Waals surface area contributed by atoms with Crippen molar-refractivity contribution in [1.29, 1.82) is 0 Å². The van der Waals surface area contributed by atoms with Crippen molar-refractivity contribution in [3.8, 4) is 0 Å². The maximum atomic E-state index is 12.2. The minimum Gasteiger partial charge on any atom is -0.334 e. The first-order valence-corrected chi connectivity index (χ1v) is 8.58. The predicted octanol–water partition coefficient (Wildman–Crippen LogP) is 2.76. The number of carbonyl (C=O) groups excluding carboxylic acids is 2. The van der Waals surface area contributed by atoms with E-state index in [-0.39, 0.29) is 11.8 Å². The van der Waals surface area contributed by atoms with Gasteiger partial charge in [-0.15, -0.1) is 11.3 Å². The van der Waals surface area contributed by atoms with Crippen LogP contribution in [0.25, 0.3) is 6.08 Å². The molecule has 2 aromatic heterocycles. The fourth-order valence-corrected chi connectivity index (χ4v) is 3.92. The van der Waals surface area contributed by atoms with Gasteiger partial charge < -0.3 is 10.2 Å². The van der Waals surface area contributed by atoms with Crippen LogP contribution < -0.4 is 5.32 Å². The quantitative estimate of drug-likeness (QED) is 0.879. The lowest BCUT2D eigenvalue weighted by molar-refractivity contribution is -0.126. The minimum absolute atomic E-state index is 0.00790. The lowest BCUT2D eigenvalue weighted by Gasteiger charge is -2.24. The van der Waals surface area contributed by atoms with Gasteiger partial charge in [-0.2, -0.15) is 0 Å². The Morgan fingerprint density at radius 1 is 1.45 bits per heavy atom. The number of hydrogen-bond donors (Lipinski definition) is 1. The molecule has 0 saturated carbocycles. The van der Waals surface area contributed by atoms with Crippen LogP contribution in [0.2, 0.25) is 0 Å². The van der Waals surface area contributed by atoms with Gasteiger partial charge in [-0.3, -0.25) is 9.59 Å². The Hall–Kier alpha value is -1.99. The Morgan fingerprint density at radius 3 is 3.05 bits per heavy atom. The highest BCUT2D eigenvalue weighted by Gasteiger charge is 2.23. The molecule has 1 N–H and O–H groups in total. The van der Waals surface area contributed by atoms with Gasteiger partial charge in [0.2, 0.25) is 11.8 Å². The topological polar surface area (TPSA) is 62.3 Å². The van der Waals surface area contributed by atoms with E-state index in [1.165, 1.54) is 18.3 Å². The number of thiazole rings is 1. The number of rotatable bonds is 3. The first-order chi connectivity index (χ1) is 10.6. The average Bonchev–Trinajstić information content (AvgIpc) is 3.11. The van der Waals surface area contributed by atoms with Gasteiger partial charge in [-0.05, 0) is 17.5 Å². The molecule has 0 atom stereocenters. The minimum atomic E-state index is -0.127. The van der Waals surface area contributed by atoms with Crippen LogP contribution in [0.1, 0.15) is 22.4 Å². The third kappa shape index (κ3) is 3.42. The van der Waals surface area contributed by atoms with Gasteiger partial charge >= 0.3 is 0 Å². The zero-order valence-corrected chi connectivity index (χ0v) is 13.7. The van der Waals surface area contributed by atoms with Gasteiger partial charge in [-0.1, -0.05) is 17.4 Å². The van der Waals surface area contributed by atoms with Crippen LogP contribution in [0.5, 0.6) is 0 Å². The number of nitrogens with one attached hydrogen (secondary N) is 1. The maximum Gasteiger partial charge on any atom is 0.246 e. The Morgan fingerprint density at radius 2 is 2.32 bits per heavy atom. The van der Waals surface area contributed by atoms with E-state index >= 15 is 0 Å². The molecule has 0 bridgehead atoms. The number of amides is 2. The first-order valence-electron chi connectivity index (χ1n) is 6.88. The van der Waals surface area contributed by atoms with E-state index in [1.54, 1.807) is 17.4 Å². The molecule has 0 aliphatic carbocycles. The smallest absolute Gasteiger partial charge is 0.246 e. The van der Waals surface area contributed by atoms with Crippen LogP contribution in [-0.4, -0.2) is 28.2 Å². The third-order valence-electron chi connectivity index (χ3n) is 3.26. The van der Waals surface area contributed by atoms with Crippen molar-refractivity contribution in [1.82, 2.24) is 9.88 Å². The number of nitrogens with zero attached hydrogens (tertiary/aromatic N) is 2. The Kier molecular flexibility index (Phi) is 4.35. The third-order valence-corrected chi connectivity index (χ3v) is 5.09. The molecular formula is C15H15N3O2S2. The van der Waals surface area contributed by atoms with E-state index in [4.69, 9.17) is 0 Å². The summed E-state index contributed by atoms with van der Waals surface area (Å²) in [5.41, 5.74) is 0.986. The molecule has 1 aliphatic heterocycles. The van der Waals surface area contributed by atoms with Gasteiger partial charge in [-0.25, -0.2) is 4.98 Å². The zero-order chi connectivity index (χ0) is 15.5. The first kappa shape index (κ1) is 14.9. The summed E-state index contributed by atoms with van der Waals surface area (Å²) in [4.78, 5) is 31.7. The van der Waals surface area contributed by atoms with Crippen molar-refractivity contribution in [3.05, 3.63) is 39.0 Å². The van der Waals surface area contributed by atoms with Crippen LogP contribution in [0, 0.1) is 0 Å². The lowest BCUT2D eigenvalue weighted by atomic mass is 10.2. The molecule has 1 aliphatic rings. The summed E-state index contributed by atoms with van der Waals surface area (Å²) in [5.74, 6) is -0.119. The van der Waals surface area contributed by atoms with E-state index in [2.05, 4.69) is 10.3 Å². The van der Waals surface area contributed by atoms with Crippen molar-refractivity contribution < 1.29 is 9.59 Å². The van der Waals surface area contributed by atoms with Crippen LogP contribution in [0.15, 0.2) is 23.6 Å². The van der Waals surface area contributed by atoms with Crippen LogP contribution in [-0.2, 0) is 22.6 Å². The highest BCUT2D eigenvalue weighted by atomic mass is 32.1. The molecule has 0 unspecified atom stereocenters. The fraction of sp³-hybridized carbons (Fsp3) is 0.267. The molecule has 7 heteroatoms. The Labute approximate surface area is 136 Å². The largest absolute Gasteiger partial charge is 0.334 e. The van der Waals surface area contributed by atoms with Gasteiger partial charge in [0.25, 0.3) is 0 Å². The summed E-state index contributed by atoms with van der Waals surface area (Å²) in [5, 5.41) is 5.30. The standard InChI is InChI=1S/C15H15N3O2S2/c1-10(19)16-15-17-12-6-7-18(9-13(12)22-15)14(20)5-4-11-3-2-8-21-11/h2-5,8H,6-7,9H2,1H3,(H,16,17,19)/b5-4+. The normalized spacial score (nSPS) is 14.1. The summed E-state index contributed by atoms with van der Waals surface area (Å²) < 4.78 is 0. The van der Waals surface area contributed by atoms with E-state index in [9.17, 15) is 9.59 Å². The SMILES string of the molecule is CC(=O)Nc1nc2c(s1)CN(C(=O)/C=C/c1cccs1)CC2. The number of aromatic nitrogens is 1.